The van der Waals surface area contributed by atoms with E-state index in [0.717, 1.165) is 0 Å². The fourth-order valence-corrected chi connectivity index (χ4v) is 1.71. The third kappa shape index (κ3) is 6.22. The Kier molecular flexibility index (Phi) is 7.79. The van der Waals surface area contributed by atoms with Gasteiger partial charge in [-0.05, 0) is 19.8 Å². The molecule has 0 aromatic heterocycles. The second-order valence-corrected chi connectivity index (χ2v) is 4.69. The highest BCUT2D eigenvalue weighted by Gasteiger charge is 2.23. The molecule has 0 fully saturated rings. The van der Waals surface area contributed by atoms with Crippen LogP contribution in [-0.4, -0.2) is 46.9 Å². The third-order valence-electron chi connectivity index (χ3n) is 2.93. The molecule has 0 unspecified atom stereocenters. The van der Waals surface area contributed by atoms with E-state index < -0.39 is 17.9 Å². The SMILES string of the molecule is CCN(CC)C(=O)CCC(=O)N[C@H](C(=O)O)C(C)C. The van der Waals surface area contributed by atoms with Crippen LogP contribution >= 0.6 is 0 Å². The Morgan fingerprint density at radius 3 is 2.00 bits per heavy atom. The summed E-state index contributed by atoms with van der Waals surface area (Å²) in [5, 5.41) is 11.4. The zero-order valence-corrected chi connectivity index (χ0v) is 12.1. The lowest BCUT2D eigenvalue weighted by molar-refractivity contribution is -0.143. The number of nitrogens with one attached hydrogen (secondary N) is 1. The van der Waals surface area contributed by atoms with Gasteiger partial charge in [0, 0.05) is 25.9 Å². The van der Waals surface area contributed by atoms with Crippen molar-refractivity contribution < 1.29 is 19.5 Å². The molecule has 0 aliphatic carbocycles. The van der Waals surface area contributed by atoms with Gasteiger partial charge in [-0.15, -0.1) is 0 Å². The average molecular weight is 272 g/mol. The van der Waals surface area contributed by atoms with Crippen LogP contribution in [0.4, 0.5) is 0 Å². The van der Waals surface area contributed by atoms with E-state index in [4.69, 9.17) is 5.11 Å². The fraction of sp³-hybridized carbons (Fsp3) is 0.769. The first-order valence-electron chi connectivity index (χ1n) is 6.63. The van der Waals surface area contributed by atoms with Crippen LogP contribution in [0.5, 0.6) is 0 Å². The smallest absolute Gasteiger partial charge is 0.326 e. The highest BCUT2D eigenvalue weighted by molar-refractivity contribution is 5.87. The highest BCUT2D eigenvalue weighted by Crippen LogP contribution is 2.03. The fourth-order valence-electron chi connectivity index (χ4n) is 1.71. The molecule has 110 valence electrons. The summed E-state index contributed by atoms with van der Waals surface area (Å²) in [4.78, 5) is 35.9. The van der Waals surface area contributed by atoms with Crippen molar-refractivity contribution in [3.8, 4) is 0 Å². The number of hydrogen-bond donors (Lipinski definition) is 2. The van der Waals surface area contributed by atoms with E-state index in [2.05, 4.69) is 5.32 Å². The summed E-state index contributed by atoms with van der Waals surface area (Å²) < 4.78 is 0. The van der Waals surface area contributed by atoms with Crippen molar-refractivity contribution in [2.24, 2.45) is 5.92 Å². The minimum atomic E-state index is -1.06. The van der Waals surface area contributed by atoms with Gasteiger partial charge >= 0.3 is 5.97 Å². The summed E-state index contributed by atoms with van der Waals surface area (Å²) in [6.45, 7) is 8.42. The minimum Gasteiger partial charge on any atom is -0.480 e. The molecule has 6 nitrogen and oxygen atoms in total. The van der Waals surface area contributed by atoms with Gasteiger partial charge in [0.15, 0.2) is 0 Å². The zero-order valence-electron chi connectivity index (χ0n) is 12.1. The van der Waals surface area contributed by atoms with Crippen molar-refractivity contribution in [3.63, 3.8) is 0 Å². The van der Waals surface area contributed by atoms with Gasteiger partial charge in [-0.25, -0.2) is 4.79 Å². The number of carboxylic acid groups (broad SMARTS) is 1. The molecule has 0 aromatic carbocycles. The molecular weight excluding hydrogens is 248 g/mol. The molecule has 0 radical (unpaired) electrons. The number of carbonyl (C=O) groups excluding carboxylic acids is 2. The molecule has 0 aromatic rings. The number of carbonyl (C=O) groups is 3. The largest absolute Gasteiger partial charge is 0.480 e. The average Bonchev–Trinajstić information content (AvgIpc) is 2.34. The van der Waals surface area contributed by atoms with E-state index in [0.29, 0.717) is 13.1 Å². The zero-order chi connectivity index (χ0) is 15.0. The minimum absolute atomic E-state index is 0.0197. The standard InChI is InChI=1S/C13H24N2O4/c1-5-15(6-2)11(17)8-7-10(16)14-12(9(3)4)13(18)19/h9,12H,5-8H2,1-4H3,(H,14,16)(H,18,19)/t12-/m0/s1. The van der Waals surface area contributed by atoms with Crippen LogP contribution in [0.15, 0.2) is 0 Å². The van der Waals surface area contributed by atoms with Crippen molar-refractivity contribution in [2.45, 2.75) is 46.6 Å². The first kappa shape index (κ1) is 17.4. The van der Waals surface area contributed by atoms with Gasteiger partial charge in [0.25, 0.3) is 0 Å². The van der Waals surface area contributed by atoms with Gasteiger partial charge in [0.2, 0.25) is 11.8 Å². The van der Waals surface area contributed by atoms with Gasteiger partial charge in [0.1, 0.15) is 6.04 Å². The number of hydrogen-bond acceptors (Lipinski definition) is 3. The molecule has 0 saturated heterocycles. The lowest BCUT2D eigenvalue weighted by Gasteiger charge is -2.20. The molecule has 0 aliphatic heterocycles. The number of nitrogens with zero attached hydrogens (tertiary/aromatic N) is 1. The van der Waals surface area contributed by atoms with E-state index in [1.165, 1.54) is 0 Å². The predicted octanol–water partition coefficient (Wildman–Crippen LogP) is 0.860. The molecule has 0 spiro atoms. The molecule has 0 rings (SSSR count). The topological polar surface area (TPSA) is 86.7 Å². The normalized spacial score (nSPS) is 12.1. The van der Waals surface area contributed by atoms with Gasteiger partial charge in [-0.3, -0.25) is 9.59 Å². The number of rotatable bonds is 8. The Morgan fingerprint density at radius 1 is 1.11 bits per heavy atom. The summed E-state index contributed by atoms with van der Waals surface area (Å²) in [5.74, 6) is -1.74. The second-order valence-electron chi connectivity index (χ2n) is 4.69. The van der Waals surface area contributed by atoms with Gasteiger partial charge < -0.3 is 15.3 Å². The molecule has 1 atom stereocenters. The Hall–Kier alpha value is -1.59. The predicted molar refractivity (Wildman–Crippen MR) is 71.6 cm³/mol. The van der Waals surface area contributed by atoms with Crippen molar-refractivity contribution in [1.82, 2.24) is 10.2 Å². The van der Waals surface area contributed by atoms with E-state index >= 15 is 0 Å². The maximum Gasteiger partial charge on any atom is 0.326 e. The molecule has 2 N–H and O–H groups in total. The number of aliphatic carboxylic acids is 1. The number of carboxylic acids is 1. The Balaban J connectivity index is 4.25. The van der Waals surface area contributed by atoms with E-state index in [-0.39, 0.29) is 24.7 Å². The van der Waals surface area contributed by atoms with Gasteiger partial charge in [-0.1, -0.05) is 13.8 Å². The maximum absolute atomic E-state index is 11.7. The molecule has 0 bridgehead atoms. The molecule has 6 heteroatoms. The first-order valence-corrected chi connectivity index (χ1v) is 6.63. The van der Waals surface area contributed by atoms with Crippen LogP contribution in [0, 0.1) is 5.92 Å². The summed E-state index contributed by atoms with van der Waals surface area (Å²) in [6.07, 6.45) is 0.129. The molecular formula is C13H24N2O4. The summed E-state index contributed by atoms with van der Waals surface area (Å²) in [5.41, 5.74) is 0. The van der Waals surface area contributed by atoms with Crippen LogP contribution in [0.2, 0.25) is 0 Å². The van der Waals surface area contributed by atoms with Crippen molar-refractivity contribution in [3.05, 3.63) is 0 Å². The van der Waals surface area contributed by atoms with Crippen molar-refractivity contribution in [1.29, 1.82) is 0 Å². The van der Waals surface area contributed by atoms with Gasteiger partial charge in [-0.2, -0.15) is 0 Å². The molecule has 19 heavy (non-hydrogen) atoms. The lowest BCUT2D eigenvalue weighted by atomic mass is 10.0. The summed E-state index contributed by atoms with van der Waals surface area (Å²) in [6, 6.07) is -0.906. The molecule has 0 saturated carbocycles. The molecule has 0 heterocycles. The summed E-state index contributed by atoms with van der Waals surface area (Å²) in [7, 11) is 0. The second kappa shape index (κ2) is 8.50. The van der Waals surface area contributed by atoms with Crippen molar-refractivity contribution >= 4 is 17.8 Å². The summed E-state index contributed by atoms with van der Waals surface area (Å²) >= 11 is 0. The van der Waals surface area contributed by atoms with Gasteiger partial charge in [0.05, 0.1) is 0 Å². The Labute approximate surface area is 114 Å². The van der Waals surface area contributed by atoms with Crippen LogP contribution < -0.4 is 5.32 Å². The lowest BCUT2D eigenvalue weighted by Crippen LogP contribution is -2.44. The Bertz CT molecular complexity index is 325. The third-order valence-corrected chi connectivity index (χ3v) is 2.93. The van der Waals surface area contributed by atoms with E-state index in [1.807, 2.05) is 13.8 Å². The quantitative estimate of drug-likeness (QED) is 0.686. The monoisotopic (exact) mass is 272 g/mol. The molecule has 2 amide bonds. The van der Waals surface area contributed by atoms with E-state index in [9.17, 15) is 14.4 Å². The van der Waals surface area contributed by atoms with Crippen LogP contribution in [0.25, 0.3) is 0 Å². The van der Waals surface area contributed by atoms with E-state index in [1.54, 1.807) is 18.7 Å². The molecule has 0 aliphatic rings. The van der Waals surface area contributed by atoms with Crippen LogP contribution in [-0.2, 0) is 14.4 Å². The van der Waals surface area contributed by atoms with Crippen LogP contribution in [0.3, 0.4) is 0 Å². The maximum atomic E-state index is 11.7. The highest BCUT2D eigenvalue weighted by atomic mass is 16.4. The Morgan fingerprint density at radius 2 is 1.63 bits per heavy atom. The van der Waals surface area contributed by atoms with Crippen LogP contribution in [0.1, 0.15) is 40.5 Å². The van der Waals surface area contributed by atoms with Crippen molar-refractivity contribution in [2.75, 3.05) is 13.1 Å². The first-order chi connectivity index (χ1) is 8.83. The number of amides is 2.